The van der Waals surface area contributed by atoms with Crippen molar-refractivity contribution in [2.45, 2.75) is 38.2 Å². The summed E-state index contributed by atoms with van der Waals surface area (Å²) in [6, 6.07) is 3.58. The maximum Gasteiger partial charge on any atom is 0.276 e. The van der Waals surface area contributed by atoms with E-state index in [1.807, 2.05) is 13.0 Å². The first-order valence-corrected chi connectivity index (χ1v) is 10.2. The number of nitrogens with zero attached hydrogens (tertiary/aromatic N) is 2. The molecule has 2 aliphatic heterocycles. The van der Waals surface area contributed by atoms with Gasteiger partial charge in [0.25, 0.3) is 11.8 Å². The minimum absolute atomic E-state index is 0.00922. The van der Waals surface area contributed by atoms with Crippen molar-refractivity contribution in [3.63, 3.8) is 0 Å². The second-order valence-corrected chi connectivity index (χ2v) is 8.11. The average Bonchev–Trinajstić information content (AvgIpc) is 3.37. The summed E-state index contributed by atoms with van der Waals surface area (Å²) in [4.78, 5) is 28.6. The Morgan fingerprint density at radius 2 is 2.19 bits per heavy atom. The van der Waals surface area contributed by atoms with Crippen LogP contribution in [-0.2, 0) is 16.8 Å². The molecule has 4 heterocycles. The van der Waals surface area contributed by atoms with E-state index in [-0.39, 0.29) is 11.8 Å². The number of likely N-dealkylation sites (tertiary alicyclic amines) is 1. The summed E-state index contributed by atoms with van der Waals surface area (Å²) in [7, 11) is 0. The quantitative estimate of drug-likeness (QED) is 0.869. The zero-order valence-corrected chi connectivity index (χ0v) is 16.1. The molecular formula is C19H23N3O4S. The summed E-state index contributed by atoms with van der Waals surface area (Å²) in [6.45, 7) is 4.57. The molecule has 0 aromatic carbocycles. The zero-order valence-electron chi connectivity index (χ0n) is 15.3. The van der Waals surface area contributed by atoms with Crippen molar-refractivity contribution in [3.05, 3.63) is 39.4 Å². The van der Waals surface area contributed by atoms with Gasteiger partial charge < -0.3 is 19.5 Å². The van der Waals surface area contributed by atoms with Crippen molar-refractivity contribution < 1.29 is 18.8 Å². The molecule has 144 valence electrons. The number of ether oxygens (including phenoxy) is 1. The Balaban J connectivity index is 1.50. The highest BCUT2D eigenvalue weighted by molar-refractivity contribution is 7.14. The van der Waals surface area contributed by atoms with Gasteiger partial charge in [-0.05, 0) is 30.9 Å². The molecule has 1 N–H and O–H groups in total. The van der Waals surface area contributed by atoms with E-state index in [1.54, 1.807) is 22.3 Å². The largest absolute Gasteiger partial charge is 0.370 e. The number of carbonyl (C=O) groups is 2. The summed E-state index contributed by atoms with van der Waals surface area (Å²) in [6.07, 6.45) is 4.60. The van der Waals surface area contributed by atoms with Crippen LogP contribution in [0.15, 0.2) is 22.9 Å². The fourth-order valence-electron chi connectivity index (χ4n) is 3.82. The predicted octanol–water partition coefficient (Wildman–Crippen LogP) is 2.58. The monoisotopic (exact) mass is 389 g/mol. The van der Waals surface area contributed by atoms with Crippen LogP contribution < -0.4 is 5.32 Å². The number of thiophene rings is 1. The van der Waals surface area contributed by atoms with Crippen LogP contribution in [0.4, 0.5) is 0 Å². The Bertz CT molecular complexity index is 822. The number of carbonyl (C=O) groups excluding carboxylic acids is 2. The van der Waals surface area contributed by atoms with E-state index < -0.39 is 5.60 Å². The molecule has 2 aliphatic rings. The van der Waals surface area contributed by atoms with Gasteiger partial charge in [-0.15, -0.1) is 11.3 Å². The maximum absolute atomic E-state index is 12.5. The molecule has 27 heavy (non-hydrogen) atoms. The lowest BCUT2D eigenvalue weighted by Crippen LogP contribution is -2.48. The highest BCUT2D eigenvalue weighted by Crippen LogP contribution is 2.44. The third-order valence-corrected chi connectivity index (χ3v) is 6.48. The van der Waals surface area contributed by atoms with Gasteiger partial charge in [0.1, 0.15) is 6.26 Å². The van der Waals surface area contributed by atoms with Crippen molar-refractivity contribution in [1.29, 1.82) is 0 Å². The minimum Gasteiger partial charge on any atom is -0.370 e. The van der Waals surface area contributed by atoms with Crippen molar-refractivity contribution in [2.75, 3.05) is 26.2 Å². The molecule has 0 radical (unpaired) electrons. The SMILES string of the molecule is CCCNC(=O)c1cc2c(s1)CCOC21CCN(C(=O)c2ccon2)CC1. The summed E-state index contributed by atoms with van der Waals surface area (Å²) in [5.41, 5.74) is 1.07. The van der Waals surface area contributed by atoms with E-state index in [2.05, 4.69) is 10.5 Å². The first-order chi connectivity index (χ1) is 13.1. The van der Waals surface area contributed by atoms with Gasteiger partial charge in [0.2, 0.25) is 0 Å². The van der Waals surface area contributed by atoms with Crippen LogP contribution in [0.25, 0.3) is 0 Å². The highest BCUT2D eigenvalue weighted by atomic mass is 32.1. The normalized spacial score (nSPS) is 18.3. The molecule has 1 fully saturated rings. The van der Waals surface area contributed by atoms with Crippen LogP contribution in [0.1, 0.15) is 56.8 Å². The molecule has 0 saturated carbocycles. The minimum atomic E-state index is -0.395. The Kier molecular flexibility index (Phi) is 5.01. The molecule has 2 aromatic rings. The van der Waals surface area contributed by atoms with Crippen LogP contribution >= 0.6 is 11.3 Å². The Hall–Kier alpha value is -2.19. The summed E-state index contributed by atoms with van der Waals surface area (Å²) >= 11 is 1.57. The maximum atomic E-state index is 12.5. The molecule has 2 amide bonds. The van der Waals surface area contributed by atoms with Crippen LogP contribution in [0.5, 0.6) is 0 Å². The fourth-order valence-corrected chi connectivity index (χ4v) is 4.97. The highest BCUT2D eigenvalue weighted by Gasteiger charge is 2.43. The van der Waals surface area contributed by atoms with E-state index in [9.17, 15) is 9.59 Å². The molecule has 0 atom stereocenters. The number of hydrogen-bond donors (Lipinski definition) is 1. The number of hydrogen-bond acceptors (Lipinski definition) is 6. The molecule has 8 heteroatoms. The van der Waals surface area contributed by atoms with Crippen LogP contribution in [0.3, 0.4) is 0 Å². The number of piperidine rings is 1. The molecule has 0 aliphatic carbocycles. The fraction of sp³-hybridized carbons (Fsp3) is 0.526. The van der Waals surface area contributed by atoms with E-state index >= 15 is 0 Å². The number of fused-ring (bicyclic) bond motifs is 2. The van der Waals surface area contributed by atoms with Crippen molar-refractivity contribution in [1.82, 2.24) is 15.4 Å². The first-order valence-electron chi connectivity index (χ1n) is 9.38. The second kappa shape index (κ2) is 7.44. The molecule has 1 spiro atoms. The molecule has 1 saturated heterocycles. The van der Waals surface area contributed by atoms with Gasteiger partial charge in [-0.25, -0.2) is 0 Å². The van der Waals surface area contributed by atoms with Gasteiger partial charge in [0.15, 0.2) is 5.69 Å². The molecular weight excluding hydrogens is 366 g/mol. The summed E-state index contributed by atoms with van der Waals surface area (Å²) in [5, 5.41) is 6.69. The second-order valence-electron chi connectivity index (χ2n) is 6.97. The van der Waals surface area contributed by atoms with Gasteiger partial charge in [0.05, 0.1) is 17.1 Å². The zero-order chi connectivity index (χ0) is 18.9. The van der Waals surface area contributed by atoms with E-state index in [0.717, 1.165) is 36.1 Å². The van der Waals surface area contributed by atoms with Gasteiger partial charge in [-0.2, -0.15) is 0 Å². The molecule has 0 bridgehead atoms. The molecule has 7 nitrogen and oxygen atoms in total. The molecule has 0 unspecified atom stereocenters. The van der Waals surface area contributed by atoms with Crippen molar-refractivity contribution in [2.24, 2.45) is 0 Å². The number of rotatable bonds is 4. The van der Waals surface area contributed by atoms with Gasteiger partial charge in [0, 0.05) is 37.0 Å². The van der Waals surface area contributed by atoms with Crippen molar-refractivity contribution >= 4 is 23.2 Å². The van der Waals surface area contributed by atoms with Gasteiger partial charge in [-0.3, -0.25) is 9.59 Å². The topological polar surface area (TPSA) is 84.7 Å². The average molecular weight is 389 g/mol. The lowest BCUT2D eigenvalue weighted by atomic mass is 9.82. The third-order valence-electron chi connectivity index (χ3n) is 5.28. The lowest BCUT2D eigenvalue weighted by Gasteiger charge is -2.43. The Labute approximate surface area is 161 Å². The summed E-state index contributed by atoms with van der Waals surface area (Å²) < 4.78 is 11.0. The van der Waals surface area contributed by atoms with E-state index in [1.165, 1.54) is 11.1 Å². The molecule has 2 aromatic heterocycles. The van der Waals surface area contributed by atoms with Gasteiger partial charge >= 0.3 is 0 Å². The van der Waals surface area contributed by atoms with Gasteiger partial charge in [-0.1, -0.05) is 12.1 Å². The van der Waals surface area contributed by atoms with Crippen molar-refractivity contribution in [3.8, 4) is 0 Å². The van der Waals surface area contributed by atoms with Crippen LogP contribution in [0.2, 0.25) is 0 Å². The number of nitrogens with one attached hydrogen (secondary N) is 1. The predicted molar refractivity (Wildman–Crippen MR) is 99.9 cm³/mol. The van der Waals surface area contributed by atoms with E-state index in [4.69, 9.17) is 9.26 Å². The van der Waals surface area contributed by atoms with E-state index in [0.29, 0.717) is 31.9 Å². The van der Waals surface area contributed by atoms with Crippen LogP contribution in [0, 0.1) is 0 Å². The first kappa shape index (κ1) is 18.2. The Morgan fingerprint density at radius 1 is 1.37 bits per heavy atom. The summed E-state index contributed by atoms with van der Waals surface area (Å²) in [5.74, 6) is -0.121. The van der Waals surface area contributed by atoms with Crippen LogP contribution in [-0.4, -0.2) is 48.1 Å². The number of amides is 2. The third kappa shape index (κ3) is 3.39. The standard InChI is InChI=1S/C19H23N3O4S/c1-2-7-20-17(23)16-12-13-15(27-16)4-10-25-19(13)5-8-22(9-6-19)18(24)14-3-11-26-21-14/h3,11-12H,2,4-10H2,1H3,(H,20,23). The lowest BCUT2D eigenvalue weighted by molar-refractivity contribution is -0.0927. The molecule has 4 rings (SSSR count). The number of aromatic nitrogens is 1. The smallest absolute Gasteiger partial charge is 0.276 e. The Morgan fingerprint density at radius 3 is 2.89 bits per heavy atom.